The van der Waals surface area contributed by atoms with Crippen molar-refractivity contribution in [1.29, 1.82) is 0 Å². The average Bonchev–Trinajstić information content (AvgIpc) is 2.25. The van der Waals surface area contributed by atoms with Gasteiger partial charge in [0.15, 0.2) is 0 Å². The van der Waals surface area contributed by atoms with E-state index < -0.39 is 0 Å². The minimum absolute atomic E-state index is 0.327. The van der Waals surface area contributed by atoms with Crippen molar-refractivity contribution in [3.8, 4) is 5.88 Å². The molecule has 0 unspecified atom stereocenters. The van der Waals surface area contributed by atoms with Crippen LogP contribution in [0, 0.1) is 0 Å². The number of hydrogen-bond acceptors (Lipinski definition) is 4. The first-order valence-electron chi connectivity index (χ1n) is 5.81. The van der Waals surface area contributed by atoms with Gasteiger partial charge in [0.1, 0.15) is 12.9 Å². The average molecular weight is 221 g/mol. The maximum Gasteiger partial charge on any atom is 0.219 e. The van der Waals surface area contributed by atoms with Gasteiger partial charge in [-0.05, 0) is 39.5 Å². The zero-order chi connectivity index (χ0) is 11.6. The molecule has 4 heteroatoms. The lowest BCUT2D eigenvalue weighted by Gasteiger charge is -2.21. The van der Waals surface area contributed by atoms with Gasteiger partial charge < -0.3 is 10.5 Å². The molecule has 1 heterocycles. The lowest BCUT2D eigenvalue weighted by atomic mass is 9.97. The van der Waals surface area contributed by atoms with Gasteiger partial charge in [-0.1, -0.05) is 0 Å². The summed E-state index contributed by atoms with van der Waals surface area (Å²) >= 11 is 0. The van der Waals surface area contributed by atoms with Crippen molar-refractivity contribution >= 4 is 0 Å². The first-order valence-corrected chi connectivity index (χ1v) is 5.81. The van der Waals surface area contributed by atoms with Crippen LogP contribution in [0.15, 0.2) is 6.33 Å². The number of nitrogens with zero attached hydrogens (tertiary/aromatic N) is 2. The summed E-state index contributed by atoms with van der Waals surface area (Å²) in [6.07, 6.45) is 6.06. The number of fused-ring (bicyclic) bond motifs is 1. The van der Waals surface area contributed by atoms with E-state index in [2.05, 4.69) is 9.97 Å². The highest BCUT2D eigenvalue weighted by Gasteiger charge is 2.18. The molecule has 2 N–H and O–H groups in total. The van der Waals surface area contributed by atoms with Crippen LogP contribution >= 0.6 is 0 Å². The first kappa shape index (κ1) is 11.3. The molecule has 1 aliphatic carbocycles. The van der Waals surface area contributed by atoms with Crippen LogP contribution in [0.1, 0.15) is 37.9 Å². The Morgan fingerprint density at radius 2 is 2.06 bits per heavy atom. The Balaban J connectivity index is 2.15. The molecule has 0 aromatic carbocycles. The number of aromatic nitrogens is 2. The highest BCUT2D eigenvalue weighted by Crippen LogP contribution is 2.26. The van der Waals surface area contributed by atoms with Crippen molar-refractivity contribution in [2.24, 2.45) is 5.73 Å². The third-order valence-corrected chi connectivity index (χ3v) is 2.67. The van der Waals surface area contributed by atoms with Crippen molar-refractivity contribution in [3.63, 3.8) is 0 Å². The summed E-state index contributed by atoms with van der Waals surface area (Å²) in [5.74, 6) is 0.725. The second kappa shape index (κ2) is 4.37. The van der Waals surface area contributed by atoms with E-state index in [1.807, 2.05) is 13.8 Å². The largest absolute Gasteiger partial charge is 0.475 e. The Kier molecular flexibility index (Phi) is 3.10. The topological polar surface area (TPSA) is 61.0 Å². The summed E-state index contributed by atoms with van der Waals surface area (Å²) in [7, 11) is 0. The van der Waals surface area contributed by atoms with Gasteiger partial charge in [-0.15, -0.1) is 0 Å². The molecule has 88 valence electrons. The second-order valence-electron chi connectivity index (χ2n) is 5.09. The van der Waals surface area contributed by atoms with Crippen molar-refractivity contribution in [3.05, 3.63) is 17.6 Å². The van der Waals surface area contributed by atoms with E-state index in [1.165, 1.54) is 18.4 Å². The molecule has 0 aliphatic heterocycles. The third kappa shape index (κ3) is 2.70. The number of ether oxygens (including phenoxy) is 1. The van der Waals surface area contributed by atoms with E-state index in [1.54, 1.807) is 6.33 Å². The van der Waals surface area contributed by atoms with E-state index in [0.717, 1.165) is 24.4 Å². The van der Waals surface area contributed by atoms with Crippen molar-refractivity contribution in [2.45, 2.75) is 45.1 Å². The molecule has 0 bridgehead atoms. The molecule has 0 saturated heterocycles. The zero-order valence-electron chi connectivity index (χ0n) is 9.99. The maximum absolute atomic E-state index is 5.89. The van der Waals surface area contributed by atoms with E-state index in [4.69, 9.17) is 10.5 Å². The summed E-state index contributed by atoms with van der Waals surface area (Å²) < 4.78 is 5.69. The Labute approximate surface area is 96.2 Å². The number of rotatable bonds is 3. The number of aryl methyl sites for hydroxylation is 1. The highest BCUT2D eigenvalue weighted by molar-refractivity contribution is 5.31. The van der Waals surface area contributed by atoms with Crippen LogP contribution in [-0.2, 0) is 12.8 Å². The van der Waals surface area contributed by atoms with Gasteiger partial charge in [-0.3, -0.25) is 0 Å². The SMILES string of the molecule is CC(C)(N)COc1ncnc2c1CCCC2. The predicted octanol–water partition coefficient (Wildman–Crippen LogP) is 1.47. The summed E-state index contributed by atoms with van der Waals surface area (Å²) in [6.45, 7) is 4.37. The predicted molar refractivity (Wildman–Crippen MR) is 62.4 cm³/mol. The fraction of sp³-hybridized carbons (Fsp3) is 0.667. The quantitative estimate of drug-likeness (QED) is 0.839. The van der Waals surface area contributed by atoms with Gasteiger partial charge in [0.25, 0.3) is 0 Å². The lowest BCUT2D eigenvalue weighted by Crippen LogP contribution is -2.39. The molecule has 4 nitrogen and oxygen atoms in total. The van der Waals surface area contributed by atoms with Crippen LogP contribution in [0.3, 0.4) is 0 Å². The smallest absolute Gasteiger partial charge is 0.219 e. The Bertz CT molecular complexity index is 371. The van der Waals surface area contributed by atoms with Gasteiger partial charge in [-0.2, -0.15) is 0 Å². The maximum atomic E-state index is 5.89. The molecule has 0 amide bonds. The van der Waals surface area contributed by atoms with Gasteiger partial charge in [0.05, 0.1) is 5.69 Å². The Morgan fingerprint density at radius 1 is 1.31 bits per heavy atom. The highest BCUT2D eigenvalue weighted by atomic mass is 16.5. The fourth-order valence-electron chi connectivity index (χ4n) is 1.87. The molecule has 0 spiro atoms. The van der Waals surface area contributed by atoms with Gasteiger partial charge in [0.2, 0.25) is 5.88 Å². The summed E-state index contributed by atoms with van der Waals surface area (Å²) in [4.78, 5) is 8.51. The van der Waals surface area contributed by atoms with E-state index in [9.17, 15) is 0 Å². The standard InChI is InChI=1S/C12H19N3O/c1-12(2,13)7-16-11-9-5-3-4-6-10(9)14-8-15-11/h8H,3-7,13H2,1-2H3. The van der Waals surface area contributed by atoms with E-state index >= 15 is 0 Å². The summed E-state index contributed by atoms with van der Waals surface area (Å²) in [6, 6.07) is 0. The molecule has 2 rings (SSSR count). The second-order valence-corrected chi connectivity index (χ2v) is 5.09. The van der Waals surface area contributed by atoms with Crippen LogP contribution in [-0.4, -0.2) is 22.1 Å². The summed E-state index contributed by atoms with van der Waals surface area (Å²) in [5.41, 5.74) is 7.89. The molecule has 1 aliphatic rings. The zero-order valence-corrected chi connectivity index (χ0v) is 9.99. The van der Waals surface area contributed by atoms with Gasteiger partial charge in [0, 0.05) is 11.1 Å². The number of nitrogens with two attached hydrogens (primary N) is 1. The molecule has 0 atom stereocenters. The van der Waals surface area contributed by atoms with Crippen LogP contribution in [0.2, 0.25) is 0 Å². The van der Waals surface area contributed by atoms with Crippen LogP contribution < -0.4 is 10.5 Å². The van der Waals surface area contributed by atoms with Crippen LogP contribution in [0.4, 0.5) is 0 Å². The van der Waals surface area contributed by atoms with E-state index in [-0.39, 0.29) is 5.54 Å². The molecule has 0 fully saturated rings. The molecule has 16 heavy (non-hydrogen) atoms. The van der Waals surface area contributed by atoms with E-state index in [0.29, 0.717) is 6.61 Å². The first-order chi connectivity index (χ1) is 7.56. The van der Waals surface area contributed by atoms with Crippen molar-refractivity contribution in [1.82, 2.24) is 9.97 Å². The molecule has 0 radical (unpaired) electrons. The van der Waals surface area contributed by atoms with Crippen LogP contribution in [0.5, 0.6) is 5.88 Å². The minimum atomic E-state index is -0.327. The fourth-order valence-corrected chi connectivity index (χ4v) is 1.87. The molecule has 0 saturated carbocycles. The summed E-state index contributed by atoms with van der Waals surface area (Å²) in [5, 5.41) is 0. The Hall–Kier alpha value is -1.16. The monoisotopic (exact) mass is 221 g/mol. The van der Waals surface area contributed by atoms with Gasteiger partial charge >= 0.3 is 0 Å². The van der Waals surface area contributed by atoms with Crippen molar-refractivity contribution < 1.29 is 4.74 Å². The minimum Gasteiger partial charge on any atom is -0.475 e. The third-order valence-electron chi connectivity index (χ3n) is 2.67. The molecular formula is C12H19N3O. The van der Waals surface area contributed by atoms with Crippen LogP contribution in [0.25, 0.3) is 0 Å². The van der Waals surface area contributed by atoms with Crippen molar-refractivity contribution in [2.75, 3.05) is 6.61 Å². The molecular weight excluding hydrogens is 202 g/mol. The number of hydrogen-bond donors (Lipinski definition) is 1. The van der Waals surface area contributed by atoms with Gasteiger partial charge in [-0.25, -0.2) is 9.97 Å². The molecule has 1 aromatic heterocycles. The lowest BCUT2D eigenvalue weighted by molar-refractivity contribution is 0.231. The molecule has 1 aromatic rings. The normalized spacial score (nSPS) is 15.7. The Morgan fingerprint density at radius 3 is 2.81 bits per heavy atom.